The molecule has 0 aliphatic rings. The Kier molecular flexibility index (Phi) is 3.93. The van der Waals surface area contributed by atoms with Crippen molar-refractivity contribution in [3.63, 3.8) is 0 Å². The van der Waals surface area contributed by atoms with Crippen molar-refractivity contribution in [1.29, 1.82) is 0 Å². The molecule has 108 valence electrons. The Morgan fingerprint density at radius 1 is 0.952 bits per heavy atom. The fourth-order valence-electron chi connectivity index (χ4n) is 2.63. The zero-order valence-electron chi connectivity index (χ0n) is 12.1. The van der Waals surface area contributed by atoms with E-state index in [4.69, 9.17) is 9.52 Å². The number of aliphatic hydroxyl groups is 1. The fourth-order valence-corrected chi connectivity index (χ4v) is 2.63. The Bertz CT molecular complexity index is 727. The molecule has 2 aromatic carbocycles. The van der Waals surface area contributed by atoms with E-state index >= 15 is 0 Å². The second-order valence-corrected chi connectivity index (χ2v) is 5.04. The summed E-state index contributed by atoms with van der Waals surface area (Å²) in [6.45, 7) is 3.67. The van der Waals surface area contributed by atoms with Crippen LogP contribution in [0.2, 0.25) is 0 Å². The number of fused-ring (bicyclic) bond motifs is 1. The Morgan fingerprint density at radius 2 is 1.71 bits per heavy atom. The molecule has 0 fully saturated rings. The average molecular weight is 281 g/mol. The van der Waals surface area contributed by atoms with Crippen LogP contribution < -0.4 is 4.90 Å². The summed E-state index contributed by atoms with van der Waals surface area (Å²) in [5, 5.41) is 11.6. The van der Waals surface area contributed by atoms with Crippen molar-refractivity contribution in [2.45, 2.75) is 20.1 Å². The Hall–Kier alpha value is -2.26. The monoisotopic (exact) mass is 281 g/mol. The van der Waals surface area contributed by atoms with E-state index in [1.165, 1.54) is 16.5 Å². The largest absolute Gasteiger partial charge is 0.462 e. The van der Waals surface area contributed by atoms with Crippen molar-refractivity contribution in [2.24, 2.45) is 0 Å². The predicted molar refractivity (Wildman–Crippen MR) is 85.3 cm³/mol. The highest BCUT2D eigenvalue weighted by atomic mass is 16.4. The summed E-state index contributed by atoms with van der Waals surface area (Å²) < 4.78 is 5.61. The quantitative estimate of drug-likeness (QED) is 0.769. The third-order valence-electron chi connectivity index (χ3n) is 3.71. The van der Waals surface area contributed by atoms with Crippen molar-refractivity contribution in [3.05, 3.63) is 66.1 Å². The normalized spacial score (nSPS) is 11.0. The molecule has 21 heavy (non-hydrogen) atoms. The van der Waals surface area contributed by atoms with Gasteiger partial charge in [0.05, 0.1) is 6.54 Å². The summed E-state index contributed by atoms with van der Waals surface area (Å²) >= 11 is 0. The third kappa shape index (κ3) is 2.78. The summed E-state index contributed by atoms with van der Waals surface area (Å²) in [5.41, 5.74) is 1.21. The summed E-state index contributed by atoms with van der Waals surface area (Å²) in [4.78, 5) is 2.28. The summed E-state index contributed by atoms with van der Waals surface area (Å²) in [6, 6.07) is 18.5. The summed E-state index contributed by atoms with van der Waals surface area (Å²) in [5.74, 6) is 1.48. The highest BCUT2D eigenvalue weighted by Crippen LogP contribution is 2.28. The number of hydrogen-bond acceptors (Lipinski definition) is 3. The lowest BCUT2D eigenvalue weighted by Gasteiger charge is -2.23. The van der Waals surface area contributed by atoms with Gasteiger partial charge in [-0.3, -0.25) is 0 Å². The molecule has 0 aliphatic carbocycles. The van der Waals surface area contributed by atoms with E-state index in [1.807, 2.05) is 12.1 Å². The summed E-state index contributed by atoms with van der Waals surface area (Å²) in [7, 11) is 0. The second-order valence-electron chi connectivity index (χ2n) is 5.04. The molecule has 0 spiro atoms. The highest BCUT2D eigenvalue weighted by molar-refractivity contribution is 5.94. The molecule has 1 heterocycles. The van der Waals surface area contributed by atoms with Crippen LogP contribution in [-0.4, -0.2) is 11.7 Å². The zero-order valence-corrected chi connectivity index (χ0v) is 12.1. The minimum absolute atomic E-state index is 0.0552. The van der Waals surface area contributed by atoms with Crippen LogP contribution in [0.1, 0.15) is 18.4 Å². The van der Waals surface area contributed by atoms with Gasteiger partial charge in [0.1, 0.15) is 18.1 Å². The second kappa shape index (κ2) is 6.02. The van der Waals surface area contributed by atoms with Crippen LogP contribution >= 0.6 is 0 Å². The molecule has 0 aliphatic heterocycles. The smallest absolute Gasteiger partial charge is 0.129 e. The molecular formula is C18H19NO2. The molecule has 0 amide bonds. The van der Waals surface area contributed by atoms with Gasteiger partial charge >= 0.3 is 0 Å². The number of furan rings is 1. The van der Waals surface area contributed by atoms with E-state index in [2.05, 4.69) is 54.3 Å². The Labute approximate surface area is 124 Å². The number of anilines is 1. The van der Waals surface area contributed by atoms with Gasteiger partial charge in [-0.25, -0.2) is 0 Å². The first kappa shape index (κ1) is 13.7. The maximum atomic E-state index is 9.09. The molecule has 0 saturated carbocycles. The molecule has 0 unspecified atom stereocenters. The van der Waals surface area contributed by atoms with Gasteiger partial charge in [0.2, 0.25) is 0 Å². The first-order valence-electron chi connectivity index (χ1n) is 7.23. The number of aliphatic hydroxyl groups excluding tert-OH is 1. The molecule has 3 nitrogen and oxygen atoms in total. The van der Waals surface area contributed by atoms with Gasteiger partial charge in [0.25, 0.3) is 0 Å². The minimum atomic E-state index is -0.0552. The van der Waals surface area contributed by atoms with Crippen LogP contribution in [0.4, 0.5) is 5.69 Å². The van der Waals surface area contributed by atoms with E-state index in [-0.39, 0.29) is 6.61 Å². The lowest BCUT2D eigenvalue weighted by Crippen LogP contribution is -2.21. The third-order valence-corrected chi connectivity index (χ3v) is 3.71. The van der Waals surface area contributed by atoms with Gasteiger partial charge in [0.15, 0.2) is 0 Å². The van der Waals surface area contributed by atoms with E-state index in [9.17, 15) is 0 Å². The van der Waals surface area contributed by atoms with Gasteiger partial charge in [-0.2, -0.15) is 0 Å². The van der Waals surface area contributed by atoms with Crippen molar-refractivity contribution in [1.82, 2.24) is 0 Å². The topological polar surface area (TPSA) is 36.6 Å². The molecule has 3 rings (SSSR count). The van der Waals surface area contributed by atoms with Crippen LogP contribution in [0.3, 0.4) is 0 Å². The number of benzene rings is 2. The van der Waals surface area contributed by atoms with E-state index in [0.717, 1.165) is 12.3 Å². The first-order valence-corrected chi connectivity index (χ1v) is 7.23. The van der Waals surface area contributed by atoms with Gasteiger partial charge in [-0.1, -0.05) is 36.4 Å². The van der Waals surface area contributed by atoms with Gasteiger partial charge in [0, 0.05) is 17.6 Å². The SMILES string of the molecule is CCN(Cc1ccc(CO)o1)c1cccc2ccccc12. The van der Waals surface area contributed by atoms with E-state index < -0.39 is 0 Å². The number of rotatable bonds is 5. The van der Waals surface area contributed by atoms with Crippen LogP contribution in [0.25, 0.3) is 10.8 Å². The molecule has 0 saturated heterocycles. The fraction of sp³-hybridized carbons (Fsp3) is 0.222. The zero-order chi connectivity index (χ0) is 14.7. The van der Waals surface area contributed by atoms with Gasteiger partial charge in [-0.05, 0) is 30.5 Å². The van der Waals surface area contributed by atoms with Gasteiger partial charge in [-0.15, -0.1) is 0 Å². The molecule has 1 aromatic heterocycles. The minimum Gasteiger partial charge on any atom is -0.462 e. The first-order chi connectivity index (χ1) is 10.3. The Balaban J connectivity index is 1.94. The van der Waals surface area contributed by atoms with E-state index in [0.29, 0.717) is 12.3 Å². The highest BCUT2D eigenvalue weighted by Gasteiger charge is 2.11. The van der Waals surface area contributed by atoms with Crippen LogP contribution in [0.15, 0.2) is 59.0 Å². The van der Waals surface area contributed by atoms with Gasteiger partial charge < -0.3 is 14.4 Å². The number of hydrogen-bond donors (Lipinski definition) is 1. The lowest BCUT2D eigenvalue weighted by molar-refractivity contribution is 0.243. The predicted octanol–water partition coefficient (Wildman–Crippen LogP) is 3.95. The van der Waals surface area contributed by atoms with Crippen molar-refractivity contribution < 1.29 is 9.52 Å². The van der Waals surface area contributed by atoms with Crippen molar-refractivity contribution >= 4 is 16.5 Å². The number of nitrogens with zero attached hydrogens (tertiary/aromatic N) is 1. The molecule has 3 aromatic rings. The average Bonchev–Trinajstić information content (AvgIpc) is 3.00. The summed E-state index contributed by atoms with van der Waals surface area (Å²) in [6.07, 6.45) is 0. The lowest BCUT2D eigenvalue weighted by atomic mass is 10.1. The van der Waals surface area contributed by atoms with Crippen molar-refractivity contribution in [3.8, 4) is 0 Å². The molecule has 0 bridgehead atoms. The van der Waals surface area contributed by atoms with Crippen LogP contribution in [0, 0.1) is 0 Å². The molecule has 1 N–H and O–H groups in total. The molecular weight excluding hydrogens is 262 g/mol. The maximum absolute atomic E-state index is 9.09. The maximum Gasteiger partial charge on any atom is 0.129 e. The van der Waals surface area contributed by atoms with Crippen LogP contribution in [0.5, 0.6) is 0 Å². The standard InChI is InChI=1S/C18H19NO2/c1-2-19(12-15-10-11-16(13-20)21-15)18-9-5-7-14-6-3-4-8-17(14)18/h3-11,20H,2,12-13H2,1H3. The molecule has 0 atom stereocenters. The Morgan fingerprint density at radius 3 is 2.48 bits per heavy atom. The van der Waals surface area contributed by atoms with E-state index in [1.54, 1.807) is 0 Å². The van der Waals surface area contributed by atoms with Crippen molar-refractivity contribution in [2.75, 3.05) is 11.4 Å². The molecule has 0 radical (unpaired) electrons. The van der Waals surface area contributed by atoms with Crippen LogP contribution in [-0.2, 0) is 13.2 Å². The molecule has 3 heteroatoms.